The van der Waals surface area contributed by atoms with Crippen molar-refractivity contribution >= 4 is 17.5 Å². The Morgan fingerprint density at radius 1 is 0.963 bits per heavy atom. The second-order valence-electron chi connectivity index (χ2n) is 7.34. The predicted molar refractivity (Wildman–Crippen MR) is 112 cm³/mol. The fourth-order valence-electron chi connectivity index (χ4n) is 3.72. The molecule has 1 aliphatic rings. The molecule has 0 saturated carbocycles. The highest BCUT2D eigenvalue weighted by molar-refractivity contribution is 6.30. The average molecular weight is 385 g/mol. The lowest BCUT2D eigenvalue weighted by Crippen LogP contribution is -2.31. The number of benzene rings is 2. The van der Waals surface area contributed by atoms with Crippen molar-refractivity contribution in [1.29, 1.82) is 0 Å². The highest BCUT2D eigenvalue weighted by atomic mass is 35.5. The van der Waals surface area contributed by atoms with E-state index in [1.165, 1.54) is 45.3 Å². The van der Waals surface area contributed by atoms with Gasteiger partial charge in [0.1, 0.15) is 0 Å². The predicted octanol–water partition coefficient (Wildman–Crippen LogP) is 5.47. The van der Waals surface area contributed by atoms with Crippen molar-refractivity contribution in [3.8, 4) is 0 Å². The summed E-state index contributed by atoms with van der Waals surface area (Å²) in [5, 5.41) is 3.93. The minimum absolute atomic E-state index is 0.0105. The van der Waals surface area contributed by atoms with Crippen molar-refractivity contribution in [3.05, 3.63) is 70.7 Å². The minimum atomic E-state index is -0.0217. The summed E-state index contributed by atoms with van der Waals surface area (Å²) < 4.78 is 0. The lowest BCUT2D eigenvalue weighted by molar-refractivity contribution is 0.0933. The molecule has 4 heteroatoms. The number of hydrogen-bond donors (Lipinski definition) is 1. The zero-order valence-corrected chi connectivity index (χ0v) is 16.6. The number of likely N-dealkylation sites (tertiary alicyclic amines) is 1. The molecule has 1 aliphatic heterocycles. The molecule has 0 aliphatic carbocycles. The molecule has 1 amide bonds. The van der Waals surface area contributed by atoms with E-state index in [1.54, 1.807) is 0 Å². The number of nitrogens with zero attached hydrogens (tertiary/aromatic N) is 1. The molecular weight excluding hydrogens is 356 g/mol. The third kappa shape index (κ3) is 6.37. The van der Waals surface area contributed by atoms with Crippen molar-refractivity contribution in [2.75, 3.05) is 19.6 Å². The number of unbranched alkanes of at least 4 members (excludes halogenated alkanes) is 1. The van der Waals surface area contributed by atoms with Gasteiger partial charge in [-0.2, -0.15) is 0 Å². The first-order valence-electron chi connectivity index (χ1n) is 10.1. The Morgan fingerprint density at radius 3 is 2.37 bits per heavy atom. The van der Waals surface area contributed by atoms with Gasteiger partial charge < -0.3 is 10.2 Å². The molecule has 144 valence electrons. The lowest BCUT2D eigenvalue weighted by atomic mass is 10.00. The van der Waals surface area contributed by atoms with E-state index in [2.05, 4.69) is 10.2 Å². The number of carbonyl (C=O) groups excluding carboxylic acids is 1. The summed E-state index contributed by atoms with van der Waals surface area (Å²) in [4.78, 5) is 15.2. The molecule has 1 atom stereocenters. The highest BCUT2D eigenvalue weighted by Crippen LogP contribution is 2.22. The summed E-state index contributed by atoms with van der Waals surface area (Å²) in [6, 6.07) is 17.2. The van der Waals surface area contributed by atoms with Gasteiger partial charge in [0.05, 0.1) is 6.04 Å². The van der Waals surface area contributed by atoms with Gasteiger partial charge in [-0.25, -0.2) is 0 Å². The van der Waals surface area contributed by atoms with Crippen molar-refractivity contribution in [3.63, 3.8) is 0 Å². The Bertz CT molecular complexity index is 696. The number of halogens is 1. The molecule has 0 bridgehead atoms. The Morgan fingerprint density at radius 2 is 1.67 bits per heavy atom. The smallest absolute Gasteiger partial charge is 0.251 e. The SMILES string of the molecule is O=C(NC(CCCCN1CCCCC1)c1ccc(Cl)cc1)c1ccccc1. The molecule has 3 nitrogen and oxygen atoms in total. The van der Waals surface area contributed by atoms with Crippen LogP contribution in [0.2, 0.25) is 5.02 Å². The number of piperidine rings is 1. The van der Waals surface area contributed by atoms with E-state index < -0.39 is 0 Å². The second-order valence-corrected chi connectivity index (χ2v) is 7.78. The molecule has 3 rings (SSSR count). The van der Waals surface area contributed by atoms with Crippen LogP contribution in [0.3, 0.4) is 0 Å². The van der Waals surface area contributed by atoms with Crippen LogP contribution < -0.4 is 5.32 Å². The Hall–Kier alpha value is -1.84. The molecule has 2 aromatic carbocycles. The summed E-state index contributed by atoms with van der Waals surface area (Å²) in [5.41, 5.74) is 1.81. The quantitative estimate of drug-likeness (QED) is 0.612. The lowest BCUT2D eigenvalue weighted by Gasteiger charge is -2.26. The molecule has 1 N–H and O–H groups in total. The van der Waals surface area contributed by atoms with E-state index >= 15 is 0 Å². The first-order chi connectivity index (χ1) is 13.2. The maximum absolute atomic E-state index is 12.6. The zero-order valence-electron chi connectivity index (χ0n) is 15.9. The number of hydrogen-bond acceptors (Lipinski definition) is 2. The van der Waals surface area contributed by atoms with Crippen molar-refractivity contribution in [1.82, 2.24) is 10.2 Å². The largest absolute Gasteiger partial charge is 0.345 e. The molecule has 0 aromatic heterocycles. The van der Waals surface area contributed by atoms with E-state index in [4.69, 9.17) is 11.6 Å². The van der Waals surface area contributed by atoms with Crippen LogP contribution in [-0.4, -0.2) is 30.4 Å². The second kappa shape index (κ2) is 10.5. The van der Waals surface area contributed by atoms with Crippen LogP contribution in [0.4, 0.5) is 0 Å². The third-order valence-corrected chi connectivity index (χ3v) is 5.53. The summed E-state index contributed by atoms with van der Waals surface area (Å²) >= 11 is 6.04. The fraction of sp³-hybridized carbons (Fsp3) is 0.435. The van der Waals surface area contributed by atoms with Gasteiger partial charge in [0.2, 0.25) is 0 Å². The van der Waals surface area contributed by atoms with E-state index in [0.29, 0.717) is 5.56 Å². The van der Waals surface area contributed by atoms with Crippen LogP contribution >= 0.6 is 11.6 Å². The summed E-state index contributed by atoms with van der Waals surface area (Å²) in [5.74, 6) is -0.0217. The molecule has 2 aromatic rings. The molecule has 0 radical (unpaired) electrons. The zero-order chi connectivity index (χ0) is 18.9. The van der Waals surface area contributed by atoms with Gasteiger partial charge in [-0.3, -0.25) is 4.79 Å². The standard InChI is InChI=1S/C23H29ClN2O/c24-21-14-12-19(13-15-21)22(25-23(27)20-9-3-1-4-10-20)11-5-8-18-26-16-6-2-7-17-26/h1,3-4,9-10,12-15,22H,2,5-8,11,16-18H2,(H,25,27). The van der Waals surface area contributed by atoms with Gasteiger partial charge in [-0.15, -0.1) is 0 Å². The van der Waals surface area contributed by atoms with Gasteiger partial charge >= 0.3 is 0 Å². The Labute approximate surface area is 167 Å². The van der Waals surface area contributed by atoms with Gasteiger partial charge in [0.25, 0.3) is 5.91 Å². The van der Waals surface area contributed by atoms with Crippen molar-refractivity contribution in [2.45, 2.75) is 44.6 Å². The molecule has 27 heavy (non-hydrogen) atoms. The van der Waals surface area contributed by atoms with Crippen LogP contribution in [0.1, 0.15) is 60.5 Å². The van der Waals surface area contributed by atoms with E-state index in [9.17, 15) is 4.79 Å². The first kappa shape index (κ1) is 19.9. The van der Waals surface area contributed by atoms with Gasteiger partial charge in [-0.1, -0.05) is 48.4 Å². The minimum Gasteiger partial charge on any atom is -0.345 e. The molecule has 1 fully saturated rings. The Kier molecular flexibility index (Phi) is 7.73. The van der Waals surface area contributed by atoms with Crippen LogP contribution in [0, 0.1) is 0 Å². The number of carbonyl (C=O) groups is 1. The van der Waals surface area contributed by atoms with E-state index in [-0.39, 0.29) is 11.9 Å². The normalized spacial score (nSPS) is 16.0. The van der Waals surface area contributed by atoms with Gasteiger partial charge in [0, 0.05) is 10.6 Å². The number of rotatable bonds is 8. The number of nitrogens with one attached hydrogen (secondary N) is 1. The topological polar surface area (TPSA) is 32.3 Å². The van der Waals surface area contributed by atoms with Crippen molar-refractivity contribution in [2.24, 2.45) is 0 Å². The summed E-state index contributed by atoms with van der Waals surface area (Å²) in [7, 11) is 0. The number of amides is 1. The monoisotopic (exact) mass is 384 g/mol. The fourth-order valence-corrected chi connectivity index (χ4v) is 3.84. The molecule has 1 heterocycles. The molecular formula is C23H29ClN2O. The van der Waals surface area contributed by atoms with Crippen LogP contribution in [-0.2, 0) is 0 Å². The van der Waals surface area contributed by atoms with E-state index in [1.807, 2.05) is 54.6 Å². The van der Waals surface area contributed by atoms with Crippen LogP contribution in [0.5, 0.6) is 0 Å². The third-order valence-electron chi connectivity index (χ3n) is 5.28. The molecule has 1 unspecified atom stereocenters. The maximum atomic E-state index is 12.6. The maximum Gasteiger partial charge on any atom is 0.251 e. The van der Waals surface area contributed by atoms with Crippen molar-refractivity contribution < 1.29 is 4.79 Å². The molecule has 0 spiro atoms. The van der Waals surface area contributed by atoms with Crippen LogP contribution in [0.15, 0.2) is 54.6 Å². The summed E-state index contributed by atoms with van der Waals surface area (Å²) in [6.07, 6.45) is 7.25. The average Bonchev–Trinajstić information content (AvgIpc) is 2.72. The van der Waals surface area contributed by atoms with Crippen LogP contribution in [0.25, 0.3) is 0 Å². The summed E-state index contributed by atoms with van der Waals surface area (Å²) in [6.45, 7) is 3.65. The van der Waals surface area contributed by atoms with Gasteiger partial charge in [-0.05, 0) is 81.6 Å². The highest BCUT2D eigenvalue weighted by Gasteiger charge is 2.16. The Balaban J connectivity index is 1.57. The van der Waals surface area contributed by atoms with E-state index in [0.717, 1.165) is 23.4 Å². The molecule has 1 saturated heterocycles. The first-order valence-corrected chi connectivity index (χ1v) is 10.4. The van der Waals surface area contributed by atoms with Gasteiger partial charge in [0.15, 0.2) is 0 Å².